The van der Waals surface area contributed by atoms with Crippen LogP contribution in [0.1, 0.15) is 92.9 Å². The van der Waals surface area contributed by atoms with Gasteiger partial charge in [-0.2, -0.15) is 0 Å². The minimum Gasteiger partial charge on any atom is -0.484 e. The van der Waals surface area contributed by atoms with E-state index in [1.807, 2.05) is 27.7 Å². The van der Waals surface area contributed by atoms with Crippen LogP contribution in [0.4, 0.5) is 0 Å². The second kappa shape index (κ2) is 30.1. The van der Waals surface area contributed by atoms with Gasteiger partial charge in [0.1, 0.15) is 13.1 Å². The summed E-state index contributed by atoms with van der Waals surface area (Å²) in [4.78, 5) is 53.6. The van der Waals surface area contributed by atoms with E-state index in [-0.39, 0.29) is 36.5 Å². The molecule has 0 bridgehead atoms. The van der Waals surface area contributed by atoms with E-state index in [2.05, 4.69) is 31.0 Å². The van der Waals surface area contributed by atoms with Gasteiger partial charge in [-0.3, -0.25) is 24.2 Å². The maximum Gasteiger partial charge on any atom is 0.240 e. The molecule has 0 aromatic carbocycles. The zero-order chi connectivity index (χ0) is 31.8. The molecule has 0 rings (SSSR count). The highest BCUT2D eigenvalue weighted by molar-refractivity contribution is 5.84. The van der Waals surface area contributed by atoms with Crippen LogP contribution in [0.15, 0.2) is 20.2 Å². The first-order valence-electron chi connectivity index (χ1n) is 14.3. The van der Waals surface area contributed by atoms with Crippen LogP contribution < -0.4 is 10.9 Å². The molecule has 2 amide bonds. The van der Waals surface area contributed by atoms with Crippen molar-refractivity contribution in [1.29, 1.82) is 0 Å². The lowest BCUT2D eigenvalue weighted by molar-refractivity contribution is -0.122. The van der Waals surface area contributed by atoms with E-state index in [1.54, 1.807) is 13.8 Å². The monoisotopic (exact) mass is 598 g/mol. The summed E-state index contributed by atoms with van der Waals surface area (Å²) in [5.41, 5.74) is 4.74. The summed E-state index contributed by atoms with van der Waals surface area (Å²) in [6.45, 7) is 13.2. The molecule has 0 heterocycles. The van der Waals surface area contributed by atoms with E-state index < -0.39 is 0 Å². The minimum atomic E-state index is -0.192. The summed E-state index contributed by atoms with van der Waals surface area (Å²) < 4.78 is 19.9. The van der Waals surface area contributed by atoms with Crippen molar-refractivity contribution in [1.82, 2.24) is 10.9 Å². The average Bonchev–Trinajstić information content (AvgIpc) is 2.96. The standard InChI is InChI=1S/C15H27N3O4.C13H23N3O4/c1-5-21-12(3)16-11-14(19)9-7-8-10-15(20)18-17-13(4)22-6-2;1-3-19-10-14-9-12(17)7-5-6-8-13(18)16-15-11-20-4-2/h5-11H2,1-4H3,(H,18,20);10-11H,3-9H2,1-2H3,(H,16,18)/b16-12?,17-13+;14-10?,15-11+. The molecule has 0 unspecified atom stereocenters. The van der Waals surface area contributed by atoms with Gasteiger partial charge in [-0.15, -0.1) is 10.2 Å². The first-order chi connectivity index (χ1) is 20.2. The normalized spacial score (nSPS) is 11.5. The summed E-state index contributed by atoms with van der Waals surface area (Å²) >= 11 is 0. The van der Waals surface area contributed by atoms with Crippen LogP contribution in [0.25, 0.3) is 0 Å². The third-order valence-electron chi connectivity index (χ3n) is 4.81. The van der Waals surface area contributed by atoms with Crippen LogP contribution in [0.3, 0.4) is 0 Å². The highest BCUT2D eigenvalue weighted by Crippen LogP contribution is 2.02. The maximum absolute atomic E-state index is 11.6. The Morgan fingerprint density at radius 3 is 1.69 bits per heavy atom. The van der Waals surface area contributed by atoms with Crippen molar-refractivity contribution in [3.8, 4) is 0 Å². The molecule has 0 saturated carbocycles. The molecule has 0 aliphatic heterocycles. The fraction of sp³-hybridized carbons (Fsp3) is 0.714. The minimum absolute atomic E-state index is 0.0377. The third-order valence-corrected chi connectivity index (χ3v) is 4.81. The Bertz CT molecular complexity index is 804. The second-order valence-electron chi connectivity index (χ2n) is 8.48. The third kappa shape index (κ3) is 30.7. The Labute approximate surface area is 249 Å². The largest absolute Gasteiger partial charge is 0.484 e. The van der Waals surface area contributed by atoms with Crippen LogP contribution in [-0.4, -0.2) is 87.5 Å². The van der Waals surface area contributed by atoms with Gasteiger partial charge in [0.05, 0.1) is 26.4 Å². The Hall–Kier alpha value is -3.84. The van der Waals surface area contributed by atoms with E-state index in [0.29, 0.717) is 89.6 Å². The van der Waals surface area contributed by atoms with Crippen molar-refractivity contribution in [2.24, 2.45) is 20.2 Å². The molecule has 0 aromatic heterocycles. The SMILES string of the molecule is CCOC(C)=NCC(=O)CCCCC(=O)N/N=C(\C)OCC.CCOC=NCC(=O)CCCCC(=O)N/N=C/OCC. The number of hydrogen-bond acceptors (Lipinski definition) is 12. The summed E-state index contributed by atoms with van der Waals surface area (Å²) in [5, 5.41) is 7.38. The highest BCUT2D eigenvalue weighted by atomic mass is 16.5. The predicted molar refractivity (Wildman–Crippen MR) is 163 cm³/mol. The molecule has 0 aliphatic rings. The van der Waals surface area contributed by atoms with E-state index in [9.17, 15) is 19.2 Å². The van der Waals surface area contributed by atoms with Crippen LogP contribution in [0.5, 0.6) is 0 Å². The van der Waals surface area contributed by atoms with Gasteiger partial charge in [0.25, 0.3) is 0 Å². The van der Waals surface area contributed by atoms with E-state index in [0.717, 1.165) is 0 Å². The van der Waals surface area contributed by atoms with Crippen molar-refractivity contribution >= 4 is 48.0 Å². The molecular weight excluding hydrogens is 548 g/mol. The molecule has 42 heavy (non-hydrogen) atoms. The van der Waals surface area contributed by atoms with Crippen molar-refractivity contribution in [2.75, 3.05) is 39.5 Å². The Morgan fingerprint density at radius 1 is 0.619 bits per heavy atom. The van der Waals surface area contributed by atoms with Crippen LogP contribution in [0, 0.1) is 0 Å². The van der Waals surface area contributed by atoms with Gasteiger partial charge in [-0.25, -0.2) is 15.8 Å². The summed E-state index contributed by atoms with van der Waals surface area (Å²) in [7, 11) is 0. The number of ketones is 2. The zero-order valence-electron chi connectivity index (χ0n) is 26.1. The number of aliphatic imine (C=N–C) groups is 2. The van der Waals surface area contributed by atoms with Gasteiger partial charge in [-0.1, -0.05) is 0 Å². The topological polar surface area (TPSA) is 179 Å². The van der Waals surface area contributed by atoms with Crippen molar-refractivity contribution in [2.45, 2.75) is 92.9 Å². The molecule has 0 radical (unpaired) electrons. The Balaban J connectivity index is 0. The molecule has 0 saturated heterocycles. The molecule has 0 fully saturated rings. The molecule has 0 atom stereocenters. The molecule has 14 heteroatoms. The maximum atomic E-state index is 11.6. The number of rotatable bonds is 22. The van der Waals surface area contributed by atoms with Gasteiger partial charge in [0.15, 0.2) is 30.3 Å². The van der Waals surface area contributed by atoms with E-state index in [4.69, 9.17) is 18.9 Å². The van der Waals surface area contributed by atoms with E-state index in [1.165, 1.54) is 12.8 Å². The van der Waals surface area contributed by atoms with Crippen LogP contribution in [0.2, 0.25) is 0 Å². The van der Waals surface area contributed by atoms with Crippen molar-refractivity contribution in [3.05, 3.63) is 0 Å². The molecule has 2 N–H and O–H groups in total. The summed E-state index contributed by atoms with van der Waals surface area (Å²) in [6.07, 6.45) is 6.56. The van der Waals surface area contributed by atoms with Gasteiger partial charge in [0.2, 0.25) is 17.7 Å². The zero-order valence-corrected chi connectivity index (χ0v) is 26.1. The lowest BCUT2D eigenvalue weighted by Gasteiger charge is -2.03. The molecule has 0 aliphatic carbocycles. The Morgan fingerprint density at radius 2 is 1.12 bits per heavy atom. The average molecular weight is 599 g/mol. The number of hydrazone groups is 2. The number of ether oxygens (including phenoxy) is 4. The number of amides is 2. The van der Waals surface area contributed by atoms with Gasteiger partial charge in [-0.05, 0) is 53.4 Å². The van der Waals surface area contributed by atoms with Crippen molar-refractivity contribution < 1.29 is 38.1 Å². The lowest BCUT2D eigenvalue weighted by atomic mass is 10.1. The number of nitrogens with zero attached hydrogens (tertiary/aromatic N) is 4. The van der Waals surface area contributed by atoms with Gasteiger partial charge < -0.3 is 18.9 Å². The second-order valence-corrected chi connectivity index (χ2v) is 8.48. The number of hydrogen-bond donors (Lipinski definition) is 2. The molecule has 240 valence electrons. The van der Waals surface area contributed by atoms with Gasteiger partial charge >= 0.3 is 0 Å². The van der Waals surface area contributed by atoms with Crippen LogP contribution in [-0.2, 0) is 38.1 Å². The fourth-order valence-corrected chi connectivity index (χ4v) is 2.80. The first kappa shape index (κ1) is 40.3. The van der Waals surface area contributed by atoms with E-state index >= 15 is 0 Å². The smallest absolute Gasteiger partial charge is 0.240 e. The van der Waals surface area contributed by atoms with Gasteiger partial charge in [0, 0.05) is 39.5 Å². The number of unbranched alkanes of at least 4 members (excludes halogenated alkanes) is 2. The molecular formula is C28H50N6O8. The number of Topliss-reactive ketones (excluding diaryl/α,β-unsaturated/α-hetero) is 2. The number of nitrogens with one attached hydrogen (secondary N) is 2. The molecule has 14 nitrogen and oxygen atoms in total. The highest BCUT2D eigenvalue weighted by Gasteiger charge is 2.05. The molecule has 0 aromatic rings. The number of carbonyl (C=O) groups excluding carboxylic acids is 4. The molecule has 0 spiro atoms. The predicted octanol–water partition coefficient (Wildman–Crippen LogP) is 3.33. The van der Waals surface area contributed by atoms with Crippen LogP contribution >= 0.6 is 0 Å². The quantitative estimate of drug-likeness (QED) is 0.0824. The first-order valence-corrected chi connectivity index (χ1v) is 14.3. The lowest BCUT2D eigenvalue weighted by Crippen LogP contribution is -2.19. The Kier molecular flexibility index (Phi) is 28.9. The summed E-state index contributed by atoms with van der Waals surface area (Å²) in [5.74, 6) is 0.659. The fourth-order valence-electron chi connectivity index (χ4n) is 2.80. The van der Waals surface area contributed by atoms with Crippen molar-refractivity contribution in [3.63, 3.8) is 0 Å². The number of carbonyl (C=O) groups is 4. The summed E-state index contributed by atoms with van der Waals surface area (Å²) in [6, 6.07) is 0.